The highest BCUT2D eigenvalue weighted by molar-refractivity contribution is 7.09. The normalized spacial score (nSPS) is 11.5. The van der Waals surface area contributed by atoms with Crippen LogP contribution in [0.4, 0.5) is 8.78 Å². The lowest BCUT2D eigenvalue weighted by Crippen LogP contribution is -2.39. The molecule has 2 rings (SSSR count). The molecule has 0 aliphatic carbocycles. The fourth-order valence-corrected chi connectivity index (χ4v) is 2.77. The number of halogens is 2. The molecule has 0 unspecified atom stereocenters. The number of nitrogens with one attached hydrogen (secondary N) is 1. The average molecular weight is 323 g/mol. The van der Waals surface area contributed by atoms with Crippen LogP contribution in [0.3, 0.4) is 0 Å². The first-order valence-corrected chi connectivity index (χ1v) is 7.86. The molecule has 1 aromatic carbocycles. The van der Waals surface area contributed by atoms with Gasteiger partial charge < -0.3 is 10.2 Å². The smallest absolute Gasteiger partial charge is 0.193 e. The van der Waals surface area contributed by atoms with E-state index in [9.17, 15) is 8.78 Å². The number of rotatable bonds is 5. The monoisotopic (exact) mass is 323 g/mol. The fraction of sp³-hybridized carbons (Fsp3) is 0.312. The van der Waals surface area contributed by atoms with Crippen LogP contribution in [-0.2, 0) is 13.0 Å². The lowest BCUT2D eigenvalue weighted by Gasteiger charge is -2.22. The van der Waals surface area contributed by atoms with E-state index < -0.39 is 11.6 Å². The van der Waals surface area contributed by atoms with Crippen molar-refractivity contribution in [2.75, 3.05) is 20.6 Å². The number of likely N-dealkylation sites (N-methyl/N-ethyl adjacent to an activating group) is 1. The molecule has 0 saturated carbocycles. The molecule has 118 valence electrons. The number of thiophene rings is 1. The van der Waals surface area contributed by atoms with Crippen molar-refractivity contribution in [1.29, 1.82) is 0 Å². The molecule has 1 aromatic heterocycles. The highest BCUT2D eigenvalue weighted by Crippen LogP contribution is 2.11. The van der Waals surface area contributed by atoms with Crippen LogP contribution in [0.2, 0.25) is 0 Å². The van der Waals surface area contributed by atoms with Crippen molar-refractivity contribution in [1.82, 2.24) is 10.2 Å². The first-order valence-electron chi connectivity index (χ1n) is 6.98. The molecule has 0 bridgehead atoms. The van der Waals surface area contributed by atoms with Gasteiger partial charge in [0.25, 0.3) is 0 Å². The SMILES string of the molecule is CN=C(NCc1cc(F)ccc1F)N(C)CCc1cccs1. The predicted octanol–water partition coefficient (Wildman–Crippen LogP) is 3.28. The molecule has 1 heterocycles. The summed E-state index contributed by atoms with van der Waals surface area (Å²) >= 11 is 1.72. The van der Waals surface area contributed by atoms with Crippen LogP contribution in [0.15, 0.2) is 40.7 Å². The van der Waals surface area contributed by atoms with Crippen molar-refractivity contribution in [2.24, 2.45) is 4.99 Å². The Morgan fingerprint density at radius 3 is 2.82 bits per heavy atom. The molecule has 0 aliphatic rings. The van der Waals surface area contributed by atoms with Crippen LogP contribution < -0.4 is 5.32 Å². The topological polar surface area (TPSA) is 27.6 Å². The summed E-state index contributed by atoms with van der Waals surface area (Å²) in [6.07, 6.45) is 0.920. The van der Waals surface area contributed by atoms with Crippen molar-refractivity contribution < 1.29 is 8.78 Å². The van der Waals surface area contributed by atoms with E-state index in [2.05, 4.69) is 21.8 Å². The van der Waals surface area contributed by atoms with Crippen LogP contribution in [0.25, 0.3) is 0 Å². The zero-order valence-electron chi connectivity index (χ0n) is 12.6. The van der Waals surface area contributed by atoms with Gasteiger partial charge in [-0.1, -0.05) is 6.07 Å². The summed E-state index contributed by atoms with van der Waals surface area (Å²) in [6, 6.07) is 7.56. The highest BCUT2D eigenvalue weighted by atomic mass is 32.1. The maximum atomic E-state index is 13.6. The summed E-state index contributed by atoms with van der Waals surface area (Å²) in [5.41, 5.74) is 0.285. The van der Waals surface area contributed by atoms with Crippen molar-refractivity contribution in [3.63, 3.8) is 0 Å². The van der Waals surface area contributed by atoms with E-state index in [1.54, 1.807) is 18.4 Å². The molecule has 0 amide bonds. The van der Waals surface area contributed by atoms with Gasteiger partial charge in [-0.3, -0.25) is 4.99 Å². The average Bonchev–Trinajstić information content (AvgIpc) is 3.02. The number of nitrogens with zero attached hydrogens (tertiary/aromatic N) is 2. The standard InChI is InChI=1S/C16H19F2N3S/c1-19-16(21(2)8-7-14-4-3-9-22-14)20-11-12-10-13(17)5-6-15(12)18/h3-6,9-10H,7-8,11H2,1-2H3,(H,19,20). The van der Waals surface area contributed by atoms with Crippen molar-refractivity contribution in [3.8, 4) is 0 Å². The van der Waals surface area contributed by atoms with E-state index in [0.29, 0.717) is 5.96 Å². The Labute approximate surface area is 133 Å². The highest BCUT2D eigenvalue weighted by Gasteiger charge is 2.09. The largest absolute Gasteiger partial charge is 0.352 e. The summed E-state index contributed by atoms with van der Waals surface area (Å²) < 4.78 is 26.8. The van der Waals surface area contributed by atoms with Gasteiger partial charge in [0.1, 0.15) is 11.6 Å². The van der Waals surface area contributed by atoms with E-state index in [1.807, 2.05) is 18.0 Å². The number of guanidine groups is 1. The third-order valence-electron chi connectivity index (χ3n) is 3.29. The second-order valence-corrected chi connectivity index (χ2v) is 5.92. The van der Waals surface area contributed by atoms with Crippen LogP contribution in [0.5, 0.6) is 0 Å². The van der Waals surface area contributed by atoms with Crippen LogP contribution in [0.1, 0.15) is 10.4 Å². The van der Waals surface area contributed by atoms with E-state index in [-0.39, 0.29) is 12.1 Å². The minimum absolute atomic E-state index is 0.194. The third-order valence-corrected chi connectivity index (χ3v) is 4.23. The molecule has 0 atom stereocenters. The summed E-state index contributed by atoms with van der Waals surface area (Å²) in [5.74, 6) is -0.218. The number of aliphatic imine (C=N–C) groups is 1. The van der Waals surface area contributed by atoms with Gasteiger partial charge in [-0.2, -0.15) is 0 Å². The molecule has 0 aliphatic heterocycles. The number of hydrogen-bond donors (Lipinski definition) is 1. The van der Waals surface area contributed by atoms with Gasteiger partial charge >= 0.3 is 0 Å². The molecule has 0 fully saturated rings. The fourth-order valence-electron chi connectivity index (χ4n) is 2.08. The van der Waals surface area contributed by atoms with Gasteiger partial charge in [0.05, 0.1) is 0 Å². The van der Waals surface area contributed by atoms with E-state index in [0.717, 1.165) is 25.1 Å². The van der Waals surface area contributed by atoms with Crippen molar-refractivity contribution in [3.05, 3.63) is 57.8 Å². The van der Waals surface area contributed by atoms with Gasteiger partial charge in [0.15, 0.2) is 5.96 Å². The first-order chi connectivity index (χ1) is 10.6. The zero-order chi connectivity index (χ0) is 15.9. The molecule has 0 saturated heterocycles. The van der Waals surface area contributed by atoms with Gasteiger partial charge in [-0.25, -0.2) is 8.78 Å². The predicted molar refractivity (Wildman–Crippen MR) is 87.2 cm³/mol. The minimum atomic E-state index is -0.445. The maximum absolute atomic E-state index is 13.6. The Morgan fingerprint density at radius 1 is 1.32 bits per heavy atom. The molecule has 6 heteroatoms. The Kier molecular flexibility index (Phi) is 5.89. The summed E-state index contributed by atoms with van der Waals surface area (Å²) in [5, 5.41) is 5.11. The number of hydrogen-bond acceptors (Lipinski definition) is 2. The molecule has 0 radical (unpaired) electrons. The Morgan fingerprint density at radius 2 is 2.14 bits per heavy atom. The summed E-state index contributed by atoms with van der Waals surface area (Å²) in [4.78, 5) is 7.45. The molecular formula is C16H19F2N3S. The minimum Gasteiger partial charge on any atom is -0.352 e. The Bertz CT molecular complexity index is 626. The molecule has 3 nitrogen and oxygen atoms in total. The van der Waals surface area contributed by atoms with E-state index in [4.69, 9.17) is 0 Å². The Balaban J connectivity index is 1.90. The zero-order valence-corrected chi connectivity index (χ0v) is 13.5. The quantitative estimate of drug-likeness (QED) is 0.675. The Hall–Kier alpha value is -1.95. The van der Waals surface area contributed by atoms with Crippen molar-refractivity contribution in [2.45, 2.75) is 13.0 Å². The second-order valence-electron chi connectivity index (χ2n) is 4.89. The summed E-state index contributed by atoms with van der Waals surface area (Å²) in [6.45, 7) is 0.991. The van der Waals surface area contributed by atoms with Crippen LogP contribution in [0, 0.1) is 11.6 Å². The number of benzene rings is 1. The van der Waals surface area contributed by atoms with Crippen LogP contribution in [-0.4, -0.2) is 31.5 Å². The van der Waals surface area contributed by atoms with Gasteiger partial charge in [-0.05, 0) is 36.1 Å². The van der Waals surface area contributed by atoms with Gasteiger partial charge in [0.2, 0.25) is 0 Å². The van der Waals surface area contributed by atoms with E-state index in [1.165, 1.54) is 10.9 Å². The second kappa shape index (κ2) is 7.89. The van der Waals surface area contributed by atoms with Crippen molar-refractivity contribution >= 4 is 17.3 Å². The molecule has 2 aromatic rings. The molecule has 0 spiro atoms. The first kappa shape index (κ1) is 16.4. The lowest BCUT2D eigenvalue weighted by molar-refractivity contribution is 0.484. The van der Waals surface area contributed by atoms with Crippen LogP contribution >= 0.6 is 11.3 Å². The van der Waals surface area contributed by atoms with Gasteiger partial charge in [-0.15, -0.1) is 11.3 Å². The summed E-state index contributed by atoms with van der Waals surface area (Å²) in [7, 11) is 3.59. The van der Waals surface area contributed by atoms with E-state index >= 15 is 0 Å². The molecule has 1 N–H and O–H groups in total. The van der Waals surface area contributed by atoms with Gasteiger partial charge in [0, 0.05) is 37.6 Å². The molecule has 22 heavy (non-hydrogen) atoms. The lowest BCUT2D eigenvalue weighted by atomic mass is 10.2. The third kappa shape index (κ3) is 4.53. The maximum Gasteiger partial charge on any atom is 0.193 e. The molecular weight excluding hydrogens is 304 g/mol.